The van der Waals surface area contributed by atoms with Crippen molar-refractivity contribution in [3.63, 3.8) is 0 Å². The van der Waals surface area contributed by atoms with Crippen molar-refractivity contribution in [2.24, 2.45) is 0 Å². The first-order valence-corrected chi connectivity index (χ1v) is 19.8. The van der Waals surface area contributed by atoms with E-state index in [1.807, 2.05) is 0 Å². The van der Waals surface area contributed by atoms with Gasteiger partial charge in [0, 0.05) is 38.4 Å². The first kappa shape index (κ1) is 32.6. The van der Waals surface area contributed by atoms with Crippen molar-refractivity contribution in [3.8, 4) is 55.8 Å². The second kappa shape index (κ2) is 12.9. The van der Waals surface area contributed by atoms with Crippen LogP contribution in [0.2, 0.25) is 0 Å². The normalized spacial score (nSPS) is 11.8. The first-order valence-electron chi connectivity index (χ1n) is 19.8. The molecule has 12 rings (SSSR count). The Kier molecular flexibility index (Phi) is 7.26. The van der Waals surface area contributed by atoms with Crippen LogP contribution in [0.25, 0.3) is 121 Å². The van der Waals surface area contributed by atoms with Crippen LogP contribution in [0.4, 0.5) is 0 Å². The Labute approximate surface area is 334 Å². The third-order valence-corrected chi connectivity index (χ3v) is 11.9. The molecule has 0 radical (unpaired) electrons. The Morgan fingerprint density at radius 2 is 0.776 bits per heavy atom. The van der Waals surface area contributed by atoms with Gasteiger partial charge in [-0.2, -0.15) is 0 Å². The third kappa shape index (κ3) is 4.99. The smallest absolute Gasteiger partial charge is 0.144 e. The number of furan rings is 2. The van der Waals surface area contributed by atoms with Gasteiger partial charge in [0.25, 0.3) is 0 Å². The summed E-state index contributed by atoms with van der Waals surface area (Å²) in [5, 5.41) is 10.3. The third-order valence-electron chi connectivity index (χ3n) is 11.9. The molecule has 10 aromatic carbocycles. The zero-order valence-corrected chi connectivity index (χ0v) is 31.4. The summed E-state index contributed by atoms with van der Waals surface area (Å²) < 4.78 is 14.2. The molecule has 0 aliphatic rings. The zero-order valence-electron chi connectivity index (χ0n) is 31.4. The standard InChI is InChI=1S/C56H34O2/c1-3-15-35(16-4-1)37-27-30-39(31-28-37)50-42-21-9-11-23-44(42)52(45-24-12-10-22-43(45)50)47-34-49-54(53-46-25-13-14-26-48(46)57-56(47)53)51(38-18-5-2-6-19-38)55(58-49)41-32-29-36-17-7-8-20-40(36)33-41/h1-34H. The van der Waals surface area contributed by atoms with Crippen LogP contribution < -0.4 is 0 Å². The summed E-state index contributed by atoms with van der Waals surface area (Å²) in [6, 6.07) is 73.6. The Morgan fingerprint density at radius 3 is 1.47 bits per heavy atom. The van der Waals surface area contributed by atoms with Gasteiger partial charge in [-0.1, -0.05) is 188 Å². The highest BCUT2D eigenvalue weighted by molar-refractivity contribution is 6.30. The molecular weight excluding hydrogens is 705 g/mol. The maximum atomic E-state index is 7.20. The van der Waals surface area contributed by atoms with Gasteiger partial charge in [-0.05, 0) is 78.3 Å². The van der Waals surface area contributed by atoms with Crippen LogP contribution in [-0.4, -0.2) is 0 Å². The van der Waals surface area contributed by atoms with Gasteiger partial charge < -0.3 is 8.83 Å². The zero-order chi connectivity index (χ0) is 38.2. The molecule has 0 aliphatic heterocycles. The lowest BCUT2D eigenvalue weighted by molar-refractivity contribution is 0.632. The minimum Gasteiger partial charge on any atom is -0.455 e. The quantitative estimate of drug-likeness (QED) is 0.164. The summed E-state index contributed by atoms with van der Waals surface area (Å²) in [4.78, 5) is 0. The average Bonchev–Trinajstić information content (AvgIpc) is 3.88. The second-order valence-corrected chi connectivity index (χ2v) is 15.1. The second-order valence-electron chi connectivity index (χ2n) is 15.1. The van der Waals surface area contributed by atoms with E-state index in [1.165, 1.54) is 43.8 Å². The van der Waals surface area contributed by atoms with E-state index in [4.69, 9.17) is 8.83 Å². The molecule has 0 aliphatic carbocycles. The maximum Gasteiger partial charge on any atom is 0.144 e. The Bertz CT molecular complexity index is 3480. The fraction of sp³-hybridized carbons (Fsp3) is 0. The van der Waals surface area contributed by atoms with Crippen molar-refractivity contribution in [3.05, 3.63) is 206 Å². The molecule has 0 fully saturated rings. The molecule has 2 nitrogen and oxygen atoms in total. The molecule has 2 aromatic heterocycles. The number of hydrogen-bond acceptors (Lipinski definition) is 2. The fourth-order valence-electron chi connectivity index (χ4n) is 9.27. The van der Waals surface area contributed by atoms with E-state index in [0.717, 1.165) is 77.3 Å². The van der Waals surface area contributed by atoms with Gasteiger partial charge in [0.05, 0.1) is 0 Å². The van der Waals surface area contributed by atoms with Crippen LogP contribution in [-0.2, 0) is 0 Å². The Balaban J connectivity index is 1.19. The van der Waals surface area contributed by atoms with Crippen LogP contribution in [0.3, 0.4) is 0 Å². The molecule has 12 aromatic rings. The monoisotopic (exact) mass is 738 g/mol. The predicted molar refractivity (Wildman–Crippen MR) is 243 cm³/mol. The fourth-order valence-corrected chi connectivity index (χ4v) is 9.27. The van der Waals surface area contributed by atoms with Crippen LogP contribution in [0, 0.1) is 0 Å². The Morgan fingerprint density at radius 1 is 0.276 bits per heavy atom. The van der Waals surface area contributed by atoms with E-state index in [1.54, 1.807) is 0 Å². The van der Waals surface area contributed by atoms with Crippen molar-refractivity contribution in [1.29, 1.82) is 0 Å². The summed E-state index contributed by atoms with van der Waals surface area (Å²) in [7, 11) is 0. The van der Waals surface area contributed by atoms with Crippen LogP contribution in [0.15, 0.2) is 215 Å². The molecule has 0 unspecified atom stereocenters. The molecule has 0 bridgehead atoms. The minimum absolute atomic E-state index is 0.824. The van der Waals surface area contributed by atoms with Gasteiger partial charge in [-0.15, -0.1) is 0 Å². The summed E-state index contributed by atoms with van der Waals surface area (Å²) >= 11 is 0. The van der Waals surface area contributed by atoms with Gasteiger partial charge in [-0.3, -0.25) is 0 Å². The highest BCUT2D eigenvalue weighted by atomic mass is 16.3. The van der Waals surface area contributed by atoms with Gasteiger partial charge in [0.2, 0.25) is 0 Å². The summed E-state index contributed by atoms with van der Waals surface area (Å²) in [5.74, 6) is 0.847. The Hall–Kier alpha value is -7.68. The molecule has 2 heteroatoms. The van der Waals surface area contributed by atoms with Gasteiger partial charge in [0.15, 0.2) is 0 Å². The molecule has 0 spiro atoms. The number of rotatable bonds is 5. The van der Waals surface area contributed by atoms with E-state index in [2.05, 4.69) is 206 Å². The number of hydrogen-bond donors (Lipinski definition) is 0. The van der Waals surface area contributed by atoms with Crippen LogP contribution in [0.1, 0.15) is 0 Å². The van der Waals surface area contributed by atoms with Gasteiger partial charge in [0.1, 0.15) is 22.5 Å². The molecule has 270 valence electrons. The first-order chi connectivity index (χ1) is 28.8. The highest BCUT2D eigenvalue weighted by Crippen LogP contribution is 2.52. The topological polar surface area (TPSA) is 26.3 Å². The molecule has 2 heterocycles. The minimum atomic E-state index is 0.824. The number of fused-ring (bicyclic) bond motifs is 8. The van der Waals surface area contributed by atoms with Crippen molar-refractivity contribution in [2.45, 2.75) is 0 Å². The molecule has 0 atom stereocenters. The SMILES string of the molecule is c1ccc(-c2ccc(-c3c4ccccc4c(-c4cc5oc(-c6ccc7ccccc7c6)c(-c6ccccc6)c5c5c4oc4ccccc45)c4ccccc34)cc2)cc1. The molecule has 0 amide bonds. The maximum absolute atomic E-state index is 7.20. The lowest BCUT2D eigenvalue weighted by Gasteiger charge is -2.18. The van der Waals surface area contributed by atoms with Crippen molar-refractivity contribution >= 4 is 65.2 Å². The molecular formula is C56H34O2. The summed E-state index contributed by atoms with van der Waals surface area (Å²) in [6.45, 7) is 0. The molecule has 58 heavy (non-hydrogen) atoms. The van der Waals surface area contributed by atoms with Crippen LogP contribution >= 0.6 is 0 Å². The lowest BCUT2D eigenvalue weighted by atomic mass is 9.84. The number of para-hydroxylation sites is 1. The lowest BCUT2D eigenvalue weighted by Crippen LogP contribution is -1.91. The van der Waals surface area contributed by atoms with E-state index >= 15 is 0 Å². The number of benzene rings is 10. The molecule has 0 saturated heterocycles. The van der Waals surface area contributed by atoms with Gasteiger partial charge in [-0.25, -0.2) is 0 Å². The highest BCUT2D eigenvalue weighted by Gasteiger charge is 2.27. The van der Waals surface area contributed by atoms with E-state index in [-0.39, 0.29) is 0 Å². The molecule has 0 saturated carbocycles. The summed E-state index contributed by atoms with van der Waals surface area (Å²) in [5.41, 5.74) is 12.7. The van der Waals surface area contributed by atoms with E-state index in [9.17, 15) is 0 Å². The van der Waals surface area contributed by atoms with Crippen molar-refractivity contribution in [2.75, 3.05) is 0 Å². The van der Waals surface area contributed by atoms with Gasteiger partial charge >= 0.3 is 0 Å². The van der Waals surface area contributed by atoms with Crippen LogP contribution in [0.5, 0.6) is 0 Å². The van der Waals surface area contributed by atoms with E-state index in [0.29, 0.717) is 0 Å². The van der Waals surface area contributed by atoms with Crippen molar-refractivity contribution < 1.29 is 8.83 Å². The largest absolute Gasteiger partial charge is 0.455 e. The predicted octanol–water partition coefficient (Wildman–Crippen LogP) is 16.1. The molecule has 0 N–H and O–H groups in total. The van der Waals surface area contributed by atoms with E-state index < -0.39 is 0 Å². The summed E-state index contributed by atoms with van der Waals surface area (Å²) in [6.07, 6.45) is 0. The average molecular weight is 739 g/mol. The van der Waals surface area contributed by atoms with Crippen molar-refractivity contribution in [1.82, 2.24) is 0 Å².